The number of aryl methyl sites for hydroxylation is 1. The second-order valence-corrected chi connectivity index (χ2v) is 14.8. The van der Waals surface area contributed by atoms with Gasteiger partial charge in [0.25, 0.3) is 0 Å². The first-order valence-corrected chi connectivity index (χ1v) is 20.8. The standard InChI is InChI=1S/C42H45N5O21S/c1-23-7-8-31(46(15-36(53)64-19-60-25(3)49)16-37(54)65-20-61-26(4)50)34(11-23)58-9-10-59-35-13-29-12-30(40-44-45-42(69-40)43-24(2)48)41(57)68-33(29)14-32(35)47(17-38(55)66-21-62-27(5)51)18-39(56)67-22-63-28(6)52/h7-8,11-14H,9-10,15-22H2,1-6H3,(H,43,45,48). The molecule has 0 atom stereocenters. The first-order chi connectivity index (χ1) is 32.8. The van der Waals surface area contributed by atoms with Crippen molar-refractivity contribution in [2.75, 3.05) is 81.7 Å². The van der Waals surface area contributed by atoms with Crippen LogP contribution in [-0.4, -0.2) is 130 Å². The Labute approximate surface area is 394 Å². The van der Waals surface area contributed by atoms with E-state index in [4.69, 9.17) is 42.3 Å². The highest BCUT2D eigenvalue weighted by Crippen LogP contribution is 2.36. The summed E-state index contributed by atoms with van der Waals surface area (Å²) in [6.45, 7) is 1.23. The zero-order valence-corrected chi connectivity index (χ0v) is 38.6. The summed E-state index contributed by atoms with van der Waals surface area (Å²) >= 11 is 0.887. The minimum Gasteiger partial charge on any atom is -0.488 e. The highest BCUT2D eigenvalue weighted by Gasteiger charge is 2.25. The Morgan fingerprint density at radius 3 is 1.48 bits per heavy atom. The Balaban J connectivity index is 1.72. The lowest BCUT2D eigenvalue weighted by atomic mass is 10.1. The minimum atomic E-state index is -1.01. The molecule has 2 aromatic heterocycles. The first kappa shape index (κ1) is 53.3. The van der Waals surface area contributed by atoms with E-state index in [0.29, 0.717) is 5.56 Å². The fourth-order valence-electron chi connectivity index (χ4n) is 5.45. The summed E-state index contributed by atoms with van der Waals surface area (Å²) in [6.07, 6.45) is 0. The van der Waals surface area contributed by atoms with Crippen LogP contribution in [0.1, 0.15) is 40.2 Å². The van der Waals surface area contributed by atoms with Gasteiger partial charge in [0.2, 0.25) is 38.2 Å². The number of hydrogen-bond acceptors (Lipinski definition) is 26. The number of carbonyl (C=O) groups excluding carboxylic acids is 9. The van der Waals surface area contributed by atoms with E-state index in [1.165, 1.54) is 36.1 Å². The summed E-state index contributed by atoms with van der Waals surface area (Å²) < 4.78 is 56.7. The topological polar surface area (TPSA) is 320 Å². The average Bonchev–Trinajstić information content (AvgIpc) is 3.71. The molecule has 69 heavy (non-hydrogen) atoms. The molecule has 0 spiro atoms. The Morgan fingerprint density at radius 2 is 1.03 bits per heavy atom. The van der Waals surface area contributed by atoms with E-state index < -0.39 is 113 Å². The van der Waals surface area contributed by atoms with E-state index in [0.717, 1.165) is 43.9 Å². The van der Waals surface area contributed by atoms with Crippen molar-refractivity contribution >= 4 is 92.5 Å². The van der Waals surface area contributed by atoms with Crippen molar-refractivity contribution in [3.63, 3.8) is 0 Å². The van der Waals surface area contributed by atoms with E-state index in [-0.39, 0.29) is 62.8 Å². The maximum Gasteiger partial charge on any atom is 0.346 e. The highest BCUT2D eigenvalue weighted by atomic mass is 32.1. The quantitative estimate of drug-likeness (QED) is 0.0326. The predicted molar refractivity (Wildman–Crippen MR) is 233 cm³/mol. The van der Waals surface area contributed by atoms with Crippen LogP contribution in [0.3, 0.4) is 0 Å². The van der Waals surface area contributed by atoms with Gasteiger partial charge in [-0.05, 0) is 36.8 Å². The van der Waals surface area contributed by atoms with Gasteiger partial charge < -0.3 is 66.9 Å². The Morgan fingerprint density at radius 1 is 0.580 bits per heavy atom. The number of ether oxygens (including phenoxy) is 10. The smallest absolute Gasteiger partial charge is 0.346 e. The van der Waals surface area contributed by atoms with Crippen LogP contribution in [0.4, 0.5) is 16.5 Å². The average molecular weight is 988 g/mol. The molecule has 370 valence electrons. The number of fused-ring (bicyclic) bond motifs is 1. The van der Waals surface area contributed by atoms with E-state index in [2.05, 4.69) is 25.0 Å². The van der Waals surface area contributed by atoms with Crippen molar-refractivity contribution < 1.29 is 94.9 Å². The number of benzene rings is 2. The summed E-state index contributed by atoms with van der Waals surface area (Å²) in [5.74, 6) is -7.16. The summed E-state index contributed by atoms with van der Waals surface area (Å²) in [5, 5.41) is 10.7. The van der Waals surface area contributed by atoms with Gasteiger partial charge in [-0.3, -0.25) is 43.2 Å². The molecule has 0 bridgehead atoms. The Kier molecular flexibility index (Phi) is 20.1. The molecule has 0 aliphatic rings. The number of anilines is 3. The number of hydrogen-bond donors (Lipinski definition) is 1. The molecule has 1 N–H and O–H groups in total. The normalized spacial score (nSPS) is 10.5. The van der Waals surface area contributed by atoms with Crippen LogP contribution in [0.5, 0.6) is 11.5 Å². The molecule has 2 heterocycles. The molecular formula is C42H45N5O21S. The zero-order chi connectivity index (χ0) is 50.6. The van der Waals surface area contributed by atoms with Crippen molar-refractivity contribution in [3.05, 3.63) is 52.4 Å². The van der Waals surface area contributed by atoms with Crippen LogP contribution in [0, 0.1) is 6.92 Å². The second kappa shape index (κ2) is 26.1. The van der Waals surface area contributed by atoms with Crippen LogP contribution < -0.4 is 30.2 Å². The second-order valence-electron chi connectivity index (χ2n) is 13.9. The van der Waals surface area contributed by atoms with Crippen LogP contribution >= 0.6 is 11.3 Å². The van der Waals surface area contributed by atoms with Crippen molar-refractivity contribution in [1.29, 1.82) is 0 Å². The van der Waals surface area contributed by atoms with Gasteiger partial charge in [-0.25, -0.2) is 4.79 Å². The Hall–Kier alpha value is -8.36. The fourth-order valence-corrected chi connectivity index (χ4v) is 6.25. The third-order valence-electron chi connectivity index (χ3n) is 8.36. The maximum atomic E-state index is 13.3. The molecule has 2 aromatic carbocycles. The van der Waals surface area contributed by atoms with E-state index in [9.17, 15) is 47.9 Å². The summed E-state index contributed by atoms with van der Waals surface area (Å²) in [6, 6.07) is 8.84. The number of nitrogens with zero attached hydrogens (tertiary/aromatic N) is 4. The first-order valence-electron chi connectivity index (χ1n) is 20.0. The molecule has 4 rings (SSSR count). The van der Waals surface area contributed by atoms with E-state index in [1.54, 1.807) is 19.1 Å². The van der Waals surface area contributed by atoms with Gasteiger partial charge in [-0.15, -0.1) is 10.2 Å². The van der Waals surface area contributed by atoms with Crippen LogP contribution in [-0.2, 0) is 81.0 Å². The predicted octanol–water partition coefficient (Wildman–Crippen LogP) is 1.90. The molecule has 0 unspecified atom stereocenters. The minimum absolute atomic E-state index is 0.0550. The zero-order valence-electron chi connectivity index (χ0n) is 37.8. The number of nitrogens with one attached hydrogen (secondary N) is 1. The molecule has 27 heteroatoms. The third-order valence-corrected chi connectivity index (χ3v) is 9.23. The number of rotatable bonds is 25. The SMILES string of the molecule is CC(=O)Nc1nnc(-c2cc3cc(OCCOc4cc(C)ccc4N(CC(=O)OCOC(C)=O)CC(=O)OCOC(C)=O)c(N(CC(=O)OCOC(C)=O)CC(=O)OCOC(C)=O)cc3oc2=O)s1. The van der Waals surface area contributed by atoms with Gasteiger partial charge in [0.15, 0.2) is 5.01 Å². The number of aromatic nitrogens is 2. The molecule has 0 saturated carbocycles. The number of carbonyl (C=O) groups is 9. The largest absolute Gasteiger partial charge is 0.488 e. The molecule has 0 aliphatic carbocycles. The van der Waals surface area contributed by atoms with Crippen LogP contribution in [0.15, 0.2) is 45.6 Å². The molecule has 0 aliphatic heterocycles. The van der Waals surface area contributed by atoms with Gasteiger partial charge in [0, 0.05) is 46.1 Å². The van der Waals surface area contributed by atoms with Gasteiger partial charge in [-0.2, -0.15) is 0 Å². The van der Waals surface area contributed by atoms with Gasteiger partial charge >= 0.3 is 53.4 Å². The third kappa shape index (κ3) is 18.1. The van der Waals surface area contributed by atoms with Crippen molar-refractivity contribution in [1.82, 2.24) is 10.2 Å². The molecular weight excluding hydrogens is 943 g/mol. The number of amides is 1. The lowest BCUT2D eigenvalue weighted by Gasteiger charge is -2.26. The molecule has 0 fully saturated rings. The Bertz CT molecular complexity index is 2540. The van der Waals surface area contributed by atoms with Crippen LogP contribution in [0.25, 0.3) is 21.5 Å². The summed E-state index contributed by atoms with van der Waals surface area (Å²) in [5.41, 5.74) is -0.225. The van der Waals surface area contributed by atoms with E-state index >= 15 is 0 Å². The fraction of sp³-hybridized carbons (Fsp3) is 0.381. The van der Waals surface area contributed by atoms with Gasteiger partial charge in [0.05, 0.1) is 16.9 Å². The molecule has 4 aromatic rings. The summed E-state index contributed by atoms with van der Waals surface area (Å²) in [7, 11) is 0. The molecule has 0 saturated heterocycles. The van der Waals surface area contributed by atoms with Gasteiger partial charge in [0.1, 0.15) is 56.5 Å². The maximum absolute atomic E-state index is 13.3. The van der Waals surface area contributed by atoms with Crippen molar-refractivity contribution in [3.8, 4) is 22.1 Å². The van der Waals surface area contributed by atoms with Crippen LogP contribution in [0.2, 0.25) is 0 Å². The molecule has 1 amide bonds. The lowest BCUT2D eigenvalue weighted by molar-refractivity contribution is -0.167. The lowest BCUT2D eigenvalue weighted by Crippen LogP contribution is -2.37. The van der Waals surface area contributed by atoms with Crippen molar-refractivity contribution in [2.24, 2.45) is 0 Å². The van der Waals surface area contributed by atoms with Gasteiger partial charge in [-0.1, -0.05) is 17.4 Å². The highest BCUT2D eigenvalue weighted by molar-refractivity contribution is 7.18. The molecule has 0 radical (unpaired) electrons. The van der Waals surface area contributed by atoms with Crippen molar-refractivity contribution in [2.45, 2.75) is 41.5 Å². The monoisotopic (exact) mass is 987 g/mol. The number of esters is 8. The molecule has 26 nitrogen and oxygen atoms in total. The summed E-state index contributed by atoms with van der Waals surface area (Å²) in [4.78, 5) is 124. The van der Waals surface area contributed by atoms with E-state index in [1.807, 2.05) is 0 Å².